The van der Waals surface area contributed by atoms with E-state index in [4.69, 9.17) is 23.2 Å². The maximum absolute atomic E-state index is 12.1. The molecule has 0 aliphatic heterocycles. The van der Waals surface area contributed by atoms with Crippen molar-refractivity contribution in [3.05, 3.63) is 33.8 Å². The molecule has 1 saturated carbocycles. The lowest BCUT2D eigenvalue weighted by Gasteiger charge is -2.14. The van der Waals surface area contributed by atoms with Crippen molar-refractivity contribution in [3.63, 3.8) is 0 Å². The van der Waals surface area contributed by atoms with Crippen molar-refractivity contribution in [1.29, 1.82) is 0 Å². The highest BCUT2D eigenvalue weighted by atomic mass is 35.5. The smallest absolute Gasteiger partial charge is 0.223 e. The molecule has 116 valence electrons. The first kappa shape index (κ1) is 16.6. The van der Waals surface area contributed by atoms with Crippen molar-refractivity contribution < 1.29 is 9.90 Å². The van der Waals surface area contributed by atoms with Gasteiger partial charge in [0.25, 0.3) is 0 Å². The van der Waals surface area contributed by atoms with Gasteiger partial charge in [-0.25, -0.2) is 0 Å². The third kappa shape index (κ3) is 4.87. The Kier molecular flexibility index (Phi) is 5.53. The molecule has 0 saturated heterocycles. The molecular weight excluding hydrogens is 309 g/mol. The molecular formula is C16H21Cl2NO2. The Morgan fingerprint density at radius 1 is 1.33 bits per heavy atom. The third-order valence-electron chi connectivity index (χ3n) is 3.81. The molecule has 0 heterocycles. The molecule has 4 atom stereocenters. The fraction of sp³-hybridized carbons (Fsp3) is 0.562. The van der Waals surface area contributed by atoms with Crippen LogP contribution in [-0.2, 0) is 4.79 Å². The van der Waals surface area contributed by atoms with Crippen molar-refractivity contribution in [2.75, 3.05) is 6.54 Å². The van der Waals surface area contributed by atoms with Crippen LogP contribution in [0.5, 0.6) is 0 Å². The van der Waals surface area contributed by atoms with Gasteiger partial charge in [0, 0.05) is 22.5 Å². The number of hydrogen-bond acceptors (Lipinski definition) is 2. The van der Waals surface area contributed by atoms with E-state index in [9.17, 15) is 9.90 Å². The van der Waals surface area contributed by atoms with E-state index >= 15 is 0 Å². The largest absolute Gasteiger partial charge is 0.393 e. The van der Waals surface area contributed by atoms with E-state index < -0.39 is 0 Å². The lowest BCUT2D eigenvalue weighted by atomic mass is 10.0. The fourth-order valence-corrected chi connectivity index (χ4v) is 3.26. The molecule has 2 N–H and O–H groups in total. The highest BCUT2D eigenvalue weighted by Gasteiger charge is 2.44. The number of hydrogen-bond donors (Lipinski definition) is 2. The number of rotatable bonds is 6. The second-order valence-corrected chi connectivity index (χ2v) is 6.96. The molecule has 0 aromatic heterocycles. The summed E-state index contributed by atoms with van der Waals surface area (Å²) in [4.78, 5) is 12.1. The van der Waals surface area contributed by atoms with Crippen molar-refractivity contribution in [3.8, 4) is 0 Å². The first-order valence-corrected chi connectivity index (χ1v) is 8.04. The maximum Gasteiger partial charge on any atom is 0.223 e. The number of amides is 1. The second-order valence-electron chi connectivity index (χ2n) is 6.09. The van der Waals surface area contributed by atoms with Crippen LogP contribution < -0.4 is 5.32 Å². The van der Waals surface area contributed by atoms with Gasteiger partial charge in [0.2, 0.25) is 5.91 Å². The summed E-state index contributed by atoms with van der Waals surface area (Å²) in [6.45, 7) is 4.38. The molecule has 1 amide bonds. The van der Waals surface area contributed by atoms with Crippen LogP contribution in [-0.4, -0.2) is 23.7 Å². The zero-order valence-electron chi connectivity index (χ0n) is 12.3. The van der Waals surface area contributed by atoms with Gasteiger partial charge in [-0.1, -0.05) is 30.1 Å². The van der Waals surface area contributed by atoms with E-state index in [1.165, 1.54) is 0 Å². The van der Waals surface area contributed by atoms with E-state index in [0.29, 0.717) is 23.0 Å². The highest BCUT2D eigenvalue weighted by molar-refractivity contribution is 6.34. The normalized spacial score (nSPS) is 23.5. The number of aliphatic hydroxyl groups is 1. The van der Waals surface area contributed by atoms with Crippen molar-refractivity contribution in [2.45, 2.75) is 38.7 Å². The molecule has 21 heavy (non-hydrogen) atoms. The first-order chi connectivity index (χ1) is 9.86. The van der Waals surface area contributed by atoms with Crippen LogP contribution in [0.15, 0.2) is 18.2 Å². The lowest BCUT2D eigenvalue weighted by molar-refractivity contribution is -0.122. The summed E-state index contributed by atoms with van der Waals surface area (Å²) < 4.78 is 0. The minimum atomic E-state index is -0.334. The van der Waals surface area contributed by atoms with Crippen molar-refractivity contribution in [1.82, 2.24) is 5.32 Å². The predicted molar refractivity (Wildman–Crippen MR) is 85.8 cm³/mol. The van der Waals surface area contributed by atoms with Crippen molar-refractivity contribution >= 4 is 29.1 Å². The van der Waals surface area contributed by atoms with Gasteiger partial charge >= 0.3 is 0 Å². The Labute approximate surface area is 135 Å². The van der Waals surface area contributed by atoms with Crippen LogP contribution in [0.2, 0.25) is 10.0 Å². The summed E-state index contributed by atoms with van der Waals surface area (Å²) in [6.07, 6.45) is 1.20. The Morgan fingerprint density at radius 2 is 1.95 bits per heavy atom. The molecule has 0 spiro atoms. The van der Waals surface area contributed by atoms with Gasteiger partial charge in [-0.05, 0) is 55.4 Å². The topological polar surface area (TPSA) is 49.3 Å². The average molecular weight is 330 g/mol. The summed E-state index contributed by atoms with van der Waals surface area (Å²) in [5.74, 6) is 0.576. The molecule has 4 unspecified atom stereocenters. The number of benzene rings is 1. The molecule has 1 aliphatic carbocycles. The summed E-state index contributed by atoms with van der Waals surface area (Å²) >= 11 is 12.0. The monoisotopic (exact) mass is 329 g/mol. The zero-order chi connectivity index (χ0) is 15.6. The molecule has 2 rings (SSSR count). The molecule has 1 fully saturated rings. The maximum atomic E-state index is 12.1. The quantitative estimate of drug-likeness (QED) is 0.837. The fourth-order valence-electron chi connectivity index (χ4n) is 2.71. The van der Waals surface area contributed by atoms with Gasteiger partial charge in [0.05, 0.1) is 6.10 Å². The molecule has 3 nitrogen and oxygen atoms in total. The SMILES string of the molecule is CC(O)CC(C)CNC(=O)C1CC1c1cc(Cl)cc(Cl)c1. The van der Waals surface area contributed by atoms with Crippen LogP contribution in [0.3, 0.4) is 0 Å². The van der Waals surface area contributed by atoms with Gasteiger partial charge in [-0.3, -0.25) is 4.79 Å². The van der Waals surface area contributed by atoms with E-state index in [1.807, 2.05) is 19.1 Å². The average Bonchev–Trinajstić information content (AvgIpc) is 3.14. The Balaban J connectivity index is 1.84. The standard InChI is InChI=1S/C16H21Cl2NO2/c1-9(3-10(2)20)8-19-16(21)15-7-14(15)11-4-12(17)6-13(18)5-11/h4-6,9-10,14-15,20H,3,7-8H2,1-2H3,(H,19,21). The molecule has 0 bridgehead atoms. The molecule has 1 aromatic carbocycles. The van der Waals surface area contributed by atoms with Crippen LogP contribution in [0.4, 0.5) is 0 Å². The van der Waals surface area contributed by atoms with E-state index in [0.717, 1.165) is 12.0 Å². The van der Waals surface area contributed by atoms with Gasteiger partial charge in [0.15, 0.2) is 0 Å². The van der Waals surface area contributed by atoms with Crippen LogP contribution in [0.1, 0.15) is 38.2 Å². The number of carbonyl (C=O) groups is 1. The number of carbonyl (C=O) groups excluding carboxylic acids is 1. The lowest BCUT2D eigenvalue weighted by Crippen LogP contribution is -2.30. The van der Waals surface area contributed by atoms with Crippen LogP contribution in [0, 0.1) is 11.8 Å². The van der Waals surface area contributed by atoms with Crippen molar-refractivity contribution in [2.24, 2.45) is 11.8 Å². The molecule has 1 aliphatic rings. The van der Waals surface area contributed by atoms with Gasteiger partial charge in [-0.15, -0.1) is 0 Å². The number of nitrogens with one attached hydrogen (secondary N) is 1. The summed E-state index contributed by atoms with van der Waals surface area (Å²) in [5.41, 5.74) is 1.03. The highest BCUT2D eigenvalue weighted by Crippen LogP contribution is 2.48. The minimum absolute atomic E-state index is 0.0123. The summed E-state index contributed by atoms with van der Waals surface area (Å²) in [6, 6.07) is 5.45. The first-order valence-electron chi connectivity index (χ1n) is 7.28. The van der Waals surface area contributed by atoms with Crippen LogP contribution >= 0.6 is 23.2 Å². The number of aliphatic hydroxyl groups excluding tert-OH is 1. The number of halogens is 2. The molecule has 1 aromatic rings. The molecule has 0 radical (unpaired) electrons. The van der Waals surface area contributed by atoms with E-state index in [2.05, 4.69) is 5.32 Å². The van der Waals surface area contributed by atoms with Gasteiger partial charge < -0.3 is 10.4 Å². The van der Waals surface area contributed by atoms with E-state index in [-0.39, 0.29) is 29.8 Å². The predicted octanol–water partition coefficient (Wildman–Crippen LogP) is 3.62. The van der Waals surface area contributed by atoms with Gasteiger partial charge in [-0.2, -0.15) is 0 Å². The summed E-state index contributed by atoms with van der Waals surface area (Å²) in [5, 5.41) is 13.5. The Bertz CT molecular complexity index is 499. The molecule has 5 heteroatoms. The van der Waals surface area contributed by atoms with Gasteiger partial charge in [0.1, 0.15) is 0 Å². The zero-order valence-corrected chi connectivity index (χ0v) is 13.8. The summed E-state index contributed by atoms with van der Waals surface area (Å²) in [7, 11) is 0. The Hall–Kier alpha value is -0.770. The Morgan fingerprint density at radius 3 is 2.52 bits per heavy atom. The second kappa shape index (κ2) is 6.99. The van der Waals surface area contributed by atoms with E-state index in [1.54, 1.807) is 13.0 Å². The van der Waals surface area contributed by atoms with Crippen LogP contribution in [0.25, 0.3) is 0 Å². The minimum Gasteiger partial charge on any atom is -0.393 e. The third-order valence-corrected chi connectivity index (χ3v) is 4.24.